The second-order valence-corrected chi connectivity index (χ2v) is 8.51. The largest absolute Gasteiger partial charge is 0.417 e. The zero-order valence-electron chi connectivity index (χ0n) is 17.3. The Bertz CT molecular complexity index is 1160. The Hall–Kier alpha value is -3.36. The van der Waals surface area contributed by atoms with Gasteiger partial charge in [-0.1, -0.05) is 18.2 Å². The minimum atomic E-state index is -4.61. The van der Waals surface area contributed by atoms with Crippen molar-refractivity contribution in [2.24, 2.45) is 0 Å². The Kier molecular flexibility index (Phi) is 4.54. The van der Waals surface area contributed by atoms with Gasteiger partial charge in [-0.15, -0.1) is 0 Å². The van der Waals surface area contributed by atoms with Crippen molar-refractivity contribution in [1.82, 2.24) is 14.7 Å². The summed E-state index contributed by atoms with van der Waals surface area (Å²) in [5.74, 6) is -0.453. The molecule has 3 aliphatic rings. The SMILES string of the molecule is CN1C(=O)CN(Cc2ccc(-c3ccc4c(c3)CN(C3CC3)C4=O)c(C(F)(F)F)c2)C1=O. The van der Waals surface area contributed by atoms with Gasteiger partial charge in [-0.2, -0.15) is 13.2 Å². The van der Waals surface area contributed by atoms with Gasteiger partial charge < -0.3 is 9.80 Å². The second-order valence-electron chi connectivity index (χ2n) is 8.51. The van der Waals surface area contributed by atoms with E-state index in [1.807, 2.05) is 0 Å². The van der Waals surface area contributed by atoms with E-state index in [0.717, 1.165) is 29.4 Å². The maximum atomic E-state index is 13.9. The van der Waals surface area contributed by atoms with Crippen LogP contribution in [0.5, 0.6) is 0 Å². The molecule has 2 aliphatic heterocycles. The molecule has 9 heteroatoms. The first kappa shape index (κ1) is 20.5. The molecule has 2 aromatic rings. The minimum Gasteiger partial charge on any atom is -0.331 e. The molecule has 1 saturated heterocycles. The number of nitrogens with zero attached hydrogens (tertiary/aromatic N) is 3. The summed E-state index contributed by atoms with van der Waals surface area (Å²) in [6, 6.07) is 8.48. The number of halogens is 3. The maximum absolute atomic E-state index is 13.9. The van der Waals surface area contributed by atoms with Crippen molar-refractivity contribution in [1.29, 1.82) is 0 Å². The predicted molar refractivity (Wildman–Crippen MR) is 108 cm³/mol. The summed E-state index contributed by atoms with van der Waals surface area (Å²) in [7, 11) is 1.35. The number of urea groups is 1. The van der Waals surface area contributed by atoms with Crippen molar-refractivity contribution in [2.45, 2.75) is 38.1 Å². The molecule has 0 radical (unpaired) electrons. The van der Waals surface area contributed by atoms with Crippen LogP contribution in [0, 0.1) is 0 Å². The molecule has 2 aromatic carbocycles. The maximum Gasteiger partial charge on any atom is 0.417 e. The zero-order chi connectivity index (χ0) is 22.8. The molecule has 0 N–H and O–H groups in total. The van der Waals surface area contributed by atoms with E-state index in [9.17, 15) is 27.6 Å². The van der Waals surface area contributed by atoms with Crippen LogP contribution in [-0.2, 0) is 24.1 Å². The molecular weight excluding hydrogens is 423 g/mol. The minimum absolute atomic E-state index is 0.0160. The normalized spacial score (nSPS) is 18.8. The third-order valence-electron chi connectivity index (χ3n) is 6.26. The number of hydrogen-bond donors (Lipinski definition) is 0. The summed E-state index contributed by atoms with van der Waals surface area (Å²) in [4.78, 5) is 40.2. The zero-order valence-corrected chi connectivity index (χ0v) is 17.3. The fourth-order valence-corrected chi connectivity index (χ4v) is 4.37. The molecule has 5 rings (SSSR count). The van der Waals surface area contributed by atoms with Gasteiger partial charge in [0.15, 0.2) is 0 Å². The lowest BCUT2D eigenvalue weighted by Crippen LogP contribution is -2.29. The van der Waals surface area contributed by atoms with Crippen LogP contribution in [0.4, 0.5) is 18.0 Å². The second kappa shape index (κ2) is 7.08. The number of rotatable bonds is 4. The van der Waals surface area contributed by atoms with Gasteiger partial charge in [-0.25, -0.2) is 4.79 Å². The van der Waals surface area contributed by atoms with Crippen molar-refractivity contribution in [3.8, 4) is 11.1 Å². The number of likely N-dealkylation sites (N-methyl/N-ethyl adjacent to an activating group) is 1. The highest BCUT2D eigenvalue weighted by molar-refractivity contribution is 6.01. The fraction of sp³-hybridized carbons (Fsp3) is 0.348. The number of carbonyl (C=O) groups excluding carboxylic acids is 3. The average molecular weight is 443 g/mol. The van der Waals surface area contributed by atoms with Crippen LogP contribution >= 0.6 is 0 Å². The topological polar surface area (TPSA) is 60.9 Å². The fourth-order valence-electron chi connectivity index (χ4n) is 4.37. The first-order valence-electron chi connectivity index (χ1n) is 10.3. The summed E-state index contributed by atoms with van der Waals surface area (Å²) in [6.07, 6.45) is -2.68. The molecule has 0 aromatic heterocycles. The van der Waals surface area contributed by atoms with E-state index in [4.69, 9.17) is 0 Å². The van der Waals surface area contributed by atoms with Crippen LogP contribution < -0.4 is 0 Å². The molecule has 0 spiro atoms. The van der Waals surface area contributed by atoms with E-state index in [-0.39, 0.29) is 36.2 Å². The highest BCUT2D eigenvalue weighted by atomic mass is 19.4. The van der Waals surface area contributed by atoms with Crippen LogP contribution in [0.15, 0.2) is 36.4 Å². The molecule has 0 bridgehead atoms. The molecule has 1 saturated carbocycles. The highest BCUT2D eigenvalue weighted by Gasteiger charge is 2.39. The third-order valence-corrected chi connectivity index (χ3v) is 6.26. The lowest BCUT2D eigenvalue weighted by atomic mass is 9.94. The summed E-state index contributed by atoms with van der Waals surface area (Å²) in [5.41, 5.74) is 1.16. The van der Waals surface area contributed by atoms with Gasteiger partial charge in [-0.05, 0) is 53.3 Å². The molecule has 0 unspecified atom stereocenters. The van der Waals surface area contributed by atoms with Crippen molar-refractivity contribution in [3.63, 3.8) is 0 Å². The Morgan fingerprint density at radius 2 is 1.69 bits per heavy atom. The Morgan fingerprint density at radius 1 is 0.969 bits per heavy atom. The van der Waals surface area contributed by atoms with E-state index < -0.39 is 23.7 Å². The molecular formula is C23H20F3N3O3. The number of hydrogen-bond acceptors (Lipinski definition) is 3. The lowest BCUT2D eigenvalue weighted by Gasteiger charge is -2.18. The van der Waals surface area contributed by atoms with Crippen molar-refractivity contribution >= 4 is 17.8 Å². The molecule has 4 amide bonds. The lowest BCUT2D eigenvalue weighted by molar-refractivity contribution is -0.137. The van der Waals surface area contributed by atoms with Crippen molar-refractivity contribution < 1.29 is 27.6 Å². The number of benzene rings is 2. The number of amides is 4. The van der Waals surface area contributed by atoms with Gasteiger partial charge in [0, 0.05) is 31.7 Å². The summed E-state index contributed by atoms with van der Waals surface area (Å²) in [6.45, 7) is 0.173. The van der Waals surface area contributed by atoms with Crippen LogP contribution in [0.1, 0.15) is 39.9 Å². The smallest absolute Gasteiger partial charge is 0.331 e. The van der Waals surface area contributed by atoms with E-state index in [0.29, 0.717) is 17.7 Å². The van der Waals surface area contributed by atoms with Crippen molar-refractivity contribution in [3.05, 3.63) is 58.7 Å². The van der Waals surface area contributed by atoms with Gasteiger partial charge in [0.2, 0.25) is 5.91 Å². The first-order valence-corrected chi connectivity index (χ1v) is 10.3. The third kappa shape index (κ3) is 3.41. The van der Waals surface area contributed by atoms with E-state index in [1.165, 1.54) is 24.1 Å². The van der Waals surface area contributed by atoms with Gasteiger partial charge in [-0.3, -0.25) is 14.5 Å². The van der Waals surface area contributed by atoms with Crippen molar-refractivity contribution in [2.75, 3.05) is 13.6 Å². The predicted octanol–water partition coefficient (Wildman–Crippen LogP) is 3.88. The molecule has 32 heavy (non-hydrogen) atoms. The van der Waals surface area contributed by atoms with Gasteiger partial charge >= 0.3 is 12.2 Å². The van der Waals surface area contributed by atoms with Gasteiger partial charge in [0.05, 0.1) is 5.56 Å². The summed E-state index contributed by atoms with van der Waals surface area (Å²) < 4.78 is 41.8. The molecule has 0 atom stereocenters. The summed E-state index contributed by atoms with van der Waals surface area (Å²) in [5, 5.41) is 0. The quantitative estimate of drug-likeness (QED) is 0.674. The van der Waals surface area contributed by atoms with Crippen LogP contribution in [-0.4, -0.2) is 52.2 Å². The van der Waals surface area contributed by atoms with Crippen LogP contribution in [0.2, 0.25) is 0 Å². The Labute approximate surface area is 182 Å². The number of carbonyl (C=O) groups is 3. The number of fused-ring (bicyclic) bond motifs is 1. The Morgan fingerprint density at radius 3 is 2.31 bits per heavy atom. The van der Waals surface area contributed by atoms with Gasteiger partial charge in [0.1, 0.15) is 6.54 Å². The van der Waals surface area contributed by atoms with Crippen LogP contribution in [0.3, 0.4) is 0 Å². The van der Waals surface area contributed by atoms with Gasteiger partial charge in [0.25, 0.3) is 5.91 Å². The highest BCUT2D eigenvalue weighted by Crippen LogP contribution is 2.40. The molecule has 1 aliphatic carbocycles. The standard InChI is InChI=1S/C23H20F3N3O3/c1-27-20(30)12-28(22(27)32)10-13-2-6-17(19(8-13)23(24,25)26)14-3-7-18-15(9-14)11-29(21(18)31)16-4-5-16/h2-3,6-9,16H,4-5,10-12H2,1H3. The molecule has 166 valence electrons. The van der Waals surface area contributed by atoms with E-state index in [2.05, 4.69) is 0 Å². The molecule has 6 nitrogen and oxygen atoms in total. The number of imide groups is 1. The van der Waals surface area contributed by atoms with E-state index >= 15 is 0 Å². The monoisotopic (exact) mass is 443 g/mol. The molecule has 2 heterocycles. The molecule has 2 fully saturated rings. The van der Waals surface area contributed by atoms with E-state index in [1.54, 1.807) is 23.1 Å². The summed E-state index contributed by atoms with van der Waals surface area (Å²) >= 11 is 0. The average Bonchev–Trinajstić information content (AvgIpc) is 3.50. The van der Waals surface area contributed by atoms with Crippen LogP contribution in [0.25, 0.3) is 11.1 Å². The Balaban J connectivity index is 1.47. The number of alkyl halides is 3. The first-order chi connectivity index (χ1) is 15.1.